The van der Waals surface area contributed by atoms with Gasteiger partial charge in [-0.15, -0.1) is 0 Å². The lowest BCUT2D eigenvalue weighted by atomic mass is 10.3. The Morgan fingerprint density at radius 1 is 1.75 bits per heavy atom. The number of rotatable bonds is 2. The summed E-state index contributed by atoms with van der Waals surface area (Å²) in [5.41, 5.74) is -2.22. The zero-order chi connectivity index (χ0) is 11.8. The molecule has 0 aliphatic carbocycles. The van der Waals surface area contributed by atoms with Crippen LogP contribution in [-0.2, 0) is 4.79 Å². The SMILES string of the molecule is [2H]C([2H])([2H])[13C](CC)([13C](C)=O)C([2H])([2H])[2H]. The van der Waals surface area contributed by atoms with Gasteiger partial charge in [0.05, 0.1) is 0 Å². The van der Waals surface area contributed by atoms with E-state index in [1.807, 2.05) is 0 Å². The van der Waals surface area contributed by atoms with Crippen molar-refractivity contribution in [3.8, 4) is 0 Å². The van der Waals surface area contributed by atoms with Crippen molar-refractivity contribution >= 4 is 5.78 Å². The molecule has 0 spiro atoms. The molecule has 0 aliphatic heterocycles. The van der Waals surface area contributed by atoms with Gasteiger partial charge in [0.2, 0.25) is 0 Å². The first-order chi connectivity index (χ1) is 6.00. The zero-order valence-corrected chi connectivity index (χ0v) is 5.12. The summed E-state index contributed by atoms with van der Waals surface area (Å²) in [5.74, 6) is -0.806. The maximum absolute atomic E-state index is 11.3. The van der Waals surface area contributed by atoms with Crippen LogP contribution in [0.4, 0.5) is 0 Å². The van der Waals surface area contributed by atoms with Gasteiger partial charge in [-0.3, -0.25) is 4.79 Å². The van der Waals surface area contributed by atoms with E-state index in [2.05, 4.69) is 0 Å². The average Bonchev–Trinajstić information content (AvgIpc) is 1.80. The lowest BCUT2D eigenvalue weighted by Crippen LogP contribution is -2.19. The molecule has 1 nitrogen and oxygen atoms in total. The van der Waals surface area contributed by atoms with Crippen molar-refractivity contribution in [3.63, 3.8) is 0 Å². The summed E-state index contributed by atoms with van der Waals surface area (Å²) in [7, 11) is 0. The Kier molecular flexibility index (Phi) is 0.609. The van der Waals surface area contributed by atoms with Crippen molar-refractivity contribution in [2.24, 2.45) is 5.41 Å². The van der Waals surface area contributed by atoms with E-state index < -0.39 is 24.9 Å². The molecule has 8 heavy (non-hydrogen) atoms. The molecule has 0 rings (SSSR count). The van der Waals surface area contributed by atoms with E-state index in [9.17, 15) is 4.79 Å². The molecule has 48 valence electrons. The third-order valence-electron chi connectivity index (χ3n) is 1.13. The maximum atomic E-state index is 11.3. The van der Waals surface area contributed by atoms with Crippen molar-refractivity contribution < 1.29 is 13.0 Å². The number of hydrogen-bond donors (Lipinski definition) is 0. The number of hydrogen-bond acceptors (Lipinski definition) is 1. The molecular weight excluding hydrogens is 102 g/mol. The van der Waals surface area contributed by atoms with Crippen LogP contribution in [0.15, 0.2) is 0 Å². The highest BCUT2D eigenvalue weighted by Gasteiger charge is 2.19. The minimum Gasteiger partial charge on any atom is -0.299 e. The fourth-order valence-corrected chi connectivity index (χ4v) is 0.249. The summed E-state index contributed by atoms with van der Waals surface area (Å²) >= 11 is 0. The molecule has 0 aliphatic rings. The van der Waals surface area contributed by atoms with Gasteiger partial charge in [0.15, 0.2) is 0 Å². The second kappa shape index (κ2) is 2.29. The van der Waals surface area contributed by atoms with E-state index in [0.717, 1.165) is 6.92 Å². The summed E-state index contributed by atoms with van der Waals surface area (Å²) in [6.07, 6.45) is -0.213. The van der Waals surface area contributed by atoms with Crippen LogP contribution in [0.1, 0.15) is 42.2 Å². The summed E-state index contributed by atoms with van der Waals surface area (Å²) in [5, 5.41) is 0. The molecule has 0 bridgehead atoms. The van der Waals surface area contributed by atoms with E-state index in [4.69, 9.17) is 8.22 Å². The Hall–Kier alpha value is -0.330. The summed E-state index contributed by atoms with van der Waals surface area (Å²) in [4.78, 5) is 11.3. The van der Waals surface area contributed by atoms with Crippen LogP contribution in [-0.4, -0.2) is 5.78 Å². The van der Waals surface area contributed by atoms with E-state index in [1.165, 1.54) is 6.92 Å². The molecule has 0 atom stereocenters. The van der Waals surface area contributed by atoms with Crippen molar-refractivity contribution in [3.05, 3.63) is 0 Å². The predicted molar refractivity (Wildman–Crippen MR) is 34.8 cm³/mol. The quantitative estimate of drug-likeness (QED) is 0.512. The van der Waals surface area contributed by atoms with Crippen LogP contribution in [0.3, 0.4) is 0 Å². The smallest absolute Gasteiger partial charge is 0.135 e. The minimum absolute atomic E-state index is 0.213. The maximum Gasteiger partial charge on any atom is 0.135 e. The second-order valence-electron chi connectivity index (χ2n) is 1.82. The van der Waals surface area contributed by atoms with Gasteiger partial charge in [-0.2, -0.15) is 0 Å². The third kappa shape index (κ3) is 1.65. The molecule has 0 aromatic carbocycles. The molecular formula is C7H14O. The van der Waals surface area contributed by atoms with Crippen LogP contribution >= 0.6 is 0 Å². The average molecular weight is 122 g/mol. The zero-order valence-electron chi connectivity index (χ0n) is 11.1. The lowest BCUT2D eigenvalue weighted by Gasteiger charge is -2.17. The molecule has 0 saturated heterocycles. The Balaban J connectivity index is 5.58. The van der Waals surface area contributed by atoms with Gasteiger partial charge in [0.1, 0.15) is 5.78 Å². The first-order valence-electron chi connectivity index (χ1n) is 5.51. The highest BCUT2D eigenvalue weighted by Crippen LogP contribution is 2.19. The van der Waals surface area contributed by atoms with E-state index in [-0.39, 0.29) is 6.42 Å². The van der Waals surface area contributed by atoms with Crippen LogP contribution in [0.5, 0.6) is 0 Å². The summed E-state index contributed by atoms with van der Waals surface area (Å²) in [6.45, 7) is -3.17. The largest absolute Gasteiger partial charge is 0.299 e. The van der Waals surface area contributed by atoms with Crippen molar-refractivity contribution in [2.75, 3.05) is 0 Å². The van der Waals surface area contributed by atoms with Crippen LogP contribution < -0.4 is 0 Å². The monoisotopic (exact) mass is 122 g/mol. The van der Waals surface area contributed by atoms with Gasteiger partial charge in [0.25, 0.3) is 0 Å². The van der Waals surface area contributed by atoms with E-state index in [1.54, 1.807) is 0 Å². The van der Waals surface area contributed by atoms with Crippen molar-refractivity contribution in [1.29, 1.82) is 0 Å². The normalized spacial score (nSPS) is 25.8. The van der Waals surface area contributed by atoms with Gasteiger partial charge < -0.3 is 0 Å². The molecule has 0 radical (unpaired) electrons. The Morgan fingerprint density at radius 2 is 2.25 bits per heavy atom. The number of Topliss-reactive ketones (excluding diaryl/α,β-unsaturated/α-hetero) is 1. The molecule has 0 N–H and O–H groups in total. The molecule has 0 saturated carbocycles. The van der Waals surface area contributed by atoms with Crippen LogP contribution in [0, 0.1) is 5.41 Å². The third-order valence-corrected chi connectivity index (χ3v) is 1.13. The number of carbonyl (C=O) groups excluding carboxylic acids is 1. The van der Waals surface area contributed by atoms with Crippen molar-refractivity contribution in [2.45, 2.75) is 34.0 Å². The predicted octanol–water partition coefficient (Wildman–Crippen LogP) is 2.01. The Morgan fingerprint density at radius 3 is 2.25 bits per heavy atom. The van der Waals surface area contributed by atoms with Gasteiger partial charge in [-0.05, 0) is 13.3 Å². The van der Waals surface area contributed by atoms with E-state index in [0.29, 0.717) is 0 Å². The fourth-order valence-electron chi connectivity index (χ4n) is 0.249. The fraction of sp³-hybridized carbons (Fsp3) is 0.857. The van der Waals surface area contributed by atoms with Gasteiger partial charge in [-0.1, -0.05) is 20.6 Å². The minimum atomic E-state index is -2.79. The second-order valence-corrected chi connectivity index (χ2v) is 1.82. The van der Waals surface area contributed by atoms with Crippen LogP contribution in [0.2, 0.25) is 0 Å². The van der Waals surface area contributed by atoms with Crippen molar-refractivity contribution in [1.82, 2.24) is 0 Å². The van der Waals surface area contributed by atoms with E-state index >= 15 is 0 Å². The highest BCUT2D eigenvalue weighted by atomic mass is 16.2. The molecule has 0 unspecified atom stereocenters. The summed E-state index contributed by atoms with van der Waals surface area (Å²) < 4.78 is 43.1. The Labute approximate surface area is 59.5 Å². The number of carbonyl (C=O) groups is 1. The number of ketones is 1. The lowest BCUT2D eigenvalue weighted by molar-refractivity contribution is -0.124. The first-order valence-corrected chi connectivity index (χ1v) is 2.51. The topological polar surface area (TPSA) is 17.1 Å². The molecule has 0 aromatic rings. The van der Waals surface area contributed by atoms with Crippen LogP contribution in [0.25, 0.3) is 0 Å². The summed E-state index contributed by atoms with van der Waals surface area (Å²) in [6, 6.07) is 0. The highest BCUT2D eigenvalue weighted by molar-refractivity contribution is 5.81. The first kappa shape index (κ1) is 2.13. The molecule has 0 heterocycles. The Bertz CT molecular complexity index is 211. The van der Waals surface area contributed by atoms with Gasteiger partial charge in [-0.25, -0.2) is 0 Å². The molecule has 0 amide bonds. The molecule has 1 heteroatoms. The molecule has 0 fully saturated rings. The molecule has 0 aromatic heterocycles. The van der Waals surface area contributed by atoms with Gasteiger partial charge in [0, 0.05) is 13.6 Å². The van der Waals surface area contributed by atoms with Gasteiger partial charge >= 0.3 is 0 Å². The standard InChI is InChI=1S/C7H14O/c1-5-7(3,4)6(2)8/h5H2,1-4H3/i3D3,4D3,6+1,7+1.